The molecule has 0 fully saturated rings. The molecule has 0 saturated carbocycles. The van der Waals surface area contributed by atoms with E-state index in [4.69, 9.17) is 9.47 Å². The Morgan fingerprint density at radius 3 is 3.06 bits per heavy atom. The molecule has 0 spiro atoms. The van der Waals surface area contributed by atoms with Crippen LogP contribution in [0.4, 0.5) is 5.69 Å². The van der Waals surface area contributed by atoms with Crippen LogP contribution in [-0.4, -0.2) is 32.9 Å². The van der Waals surface area contributed by atoms with Gasteiger partial charge in [0.25, 0.3) is 0 Å². The Morgan fingerprint density at radius 2 is 2.25 bits per heavy atom. The molecule has 3 nitrogen and oxygen atoms in total. The van der Waals surface area contributed by atoms with Gasteiger partial charge in [-0.1, -0.05) is 12.1 Å². The summed E-state index contributed by atoms with van der Waals surface area (Å²) >= 11 is 0. The number of hydrogen-bond donors (Lipinski definition) is 0. The number of ether oxygens (including phenoxy) is 2. The summed E-state index contributed by atoms with van der Waals surface area (Å²) in [5.41, 5.74) is 1.21. The van der Waals surface area contributed by atoms with Crippen LogP contribution in [0.25, 0.3) is 0 Å². The van der Waals surface area contributed by atoms with Gasteiger partial charge in [0.05, 0.1) is 12.2 Å². The minimum absolute atomic E-state index is 0.262. The zero-order valence-electron chi connectivity index (χ0n) is 9.98. The van der Waals surface area contributed by atoms with Crippen LogP contribution in [0.2, 0.25) is 0 Å². The third-order valence-electron chi connectivity index (χ3n) is 2.79. The Morgan fingerprint density at radius 1 is 1.44 bits per heavy atom. The summed E-state index contributed by atoms with van der Waals surface area (Å²) < 4.78 is 10.9. The maximum Gasteiger partial charge on any atom is 0.143 e. The zero-order chi connectivity index (χ0) is 11.4. The lowest BCUT2D eigenvalue weighted by molar-refractivity contribution is 0.189. The molecule has 88 valence electrons. The van der Waals surface area contributed by atoms with Gasteiger partial charge >= 0.3 is 0 Å². The van der Waals surface area contributed by atoms with Crippen LogP contribution in [0.3, 0.4) is 0 Å². The normalized spacial score (nSPS) is 19.1. The Balaban J connectivity index is 2.07. The van der Waals surface area contributed by atoms with Crippen LogP contribution in [0.5, 0.6) is 5.75 Å². The number of benzene rings is 1. The van der Waals surface area contributed by atoms with Gasteiger partial charge in [-0.25, -0.2) is 0 Å². The van der Waals surface area contributed by atoms with E-state index in [2.05, 4.69) is 24.0 Å². The van der Waals surface area contributed by atoms with E-state index in [-0.39, 0.29) is 6.10 Å². The molecule has 1 aromatic rings. The smallest absolute Gasteiger partial charge is 0.143 e. The molecule has 0 saturated heterocycles. The second kappa shape index (κ2) is 5.21. The highest BCUT2D eigenvalue weighted by atomic mass is 16.5. The Bertz CT molecular complexity index is 340. The standard InChI is InChI=1S/C13H19NO2/c1-11-10-14(8-5-9-15-2)12-6-3-4-7-13(12)16-11/h3-4,6-7,11H,5,8-10H2,1-2H3. The fourth-order valence-corrected chi connectivity index (χ4v) is 2.09. The van der Waals surface area contributed by atoms with Gasteiger partial charge in [-0.3, -0.25) is 0 Å². The van der Waals surface area contributed by atoms with E-state index in [9.17, 15) is 0 Å². The van der Waals surface area contributed by atoms with Crippen LogP contribution in [0.1, 0.15) is 13.3 Å². The fraction of sp³-hybridized carbons (Fsp3) is 0.538. The van der Waals surface area contributed by atoms with Crippen molar-refractivity contribution in [3.8, 4) is 5.75 Å². The number of hydrogen-bond acceptors (Lipinski definition) is 3. The second-order valence-electron chi connectivity index (χ2n) is 4.19. The monoisotopic (exact) mass is 221 g/mol. The Kier molecular flexibility index (Phi) is 3.67. The van der Waals surface area contributed by atoms with E-state index < -0.39 is 0 Å². The summed E-state index contributed by atoms with van der Waals surface area (Å²) in [7, 11) is 1.75. The van der Waals surface area contributed by atoms with Crippen LogP contribution in [-0.2, 0) is 4.74 Å². The van der Waals surface area contributed by atoms with Gasteiger partial charge in [0.1, 0.15) is 11.9 Å². The minimum atomic E-state index is 0.262. The first kappa shape index (κ1) is 11.3. The molecule has 0 N–H and O–H groups in total. The van der Waals surface area contributed by atoms with Crippen molar-refractivity contribution in [1.29, 1.82) is 0 Å². The van der Waals surface area contributed by atoms with E-state index in [1.807, 2.05) is 12.1 Å². The van der Waals surface area contributed by atoms with Gasteiger partial charge in [0, 0.05) is 20.3 Å². The van der Waals surface area contributed by atoms with Gasteiger partial charge in [-0.05, 0) is 25.5 Å². The average molecular weight is 221 g/mol. The van der Waals surface area contributed by atoms with Crippen molar-refractivity contribution in [1.82, 2.24) is 0 Å². The molecule has 1 aromatic carbocycles. The summed E-state index contributed by atoms with van der Waals surface area (Å²) in [5.74, 6) is 0.999. The molecule has 0 radical (unpaired) electrons. The fourth-order valence-electron chi connectivity index (χ4n) is 2.09. The summed E-state index contributed by atoms with van der Waals surface area (Å²) in [4.78, 5) is 2.38. The average Bonchev–Trinajstić information content (AvgIpc) is 2.29. The molecule has 0 aliphatic carbocycles. The first-order valence-electron chi connectivity index (χ1n) is 5.81. The summed E-state index contributed by atoms with van der Waals surface area (Å²) in [6.45, 7) is 4.91. The van der Waals surface area contributed by atoms with E-state index in [0.717, 1.165) is 31.9 Å². The van der Waals surface area contributed by atoms with Gasteiger partial charge < -0.3 is 14.4 Å². The zero-order valence-corrected chi connectivity index (χ0v) is 9.98. The molecule has 1 aliphatic rings. The van der Waals surface area contributed by atoms with Crippen LogP contribution in [0.15, 0.2) is 24.3 Å². The van der Waals surface area contributed by atoms with E-state index in [1.165, 1.54) is 5.69 Å². The first-order valence-corrected chi connectivity index (χ1v) is 5.81. The summed E-state index contributed by atoms with van der Waals surface area (Å²) in [5, 5.41) is 0. The number of fused-ring (bicyclic) bond motifs is 1. The SMILES string of the molecule is COCCCN1CC(C)Oc2ccccc21. The van der Waals surface area contributed by atoms with Gasteiger partial charge in [-0.2, -0.15) is 0 Å². The van der Waals surface area contributed by atoms with Crippen molar-refractivity contribution < 1.29 is 9.47 Å². The van der Waals surface area contributed by atoms with Crippen molar-refractivity contribution in [3.63, 3.8) is 0 Å². The molecule has 16 heavy (non-hydrogen) atoms. The quantitative estimate of drug-likeness (QED) is 0.728. The largest absolute Gasteiger partial charge is 0.487 e. The number of anilines is 1. The number of rotatable bonds is 4. The van der Waals surface area contributed by atoms with E-state index in [0.29, 0.717) is 0 Å². The molecular formula is C13H19NO2. The number of methoxy groups -OCH3 is 1. The third kappa shape index (κ3) is 2.47. The van der Waals surface area contributed by atoms with Crippen molar-refractivity contribution in [2.24, 2.45) is 0 Å². The molecule has 0 bridgehead atoms. The van der Waals surface area contributed by atoms with Crippen molar-refractivity contribution in [2.45, 2.75) is 19.4 Å². The van der Waals surface area contributed by atoms with Gasteiger partial charge in [0.2, 0.25) is 0 Å². The number of nitrogens with zero attached hydrogens (tertiary/aromatic N) is 1. The highest BCUT2D eigenvalue weighted by Crippen LogP contribution is 2.32. The summed E-state index contributed by atoms with van der Waals surface area (Å²) in [6, 6.07) is 8.23. The topological polar surface area (TPSA) is 21.7 Å². The predicted octanol–water partition coefficient (Wildman–Crippen LogP) is 2.31. The third-order valence-corrected chi connectivity index (χ3v) is 2.79. The molecule has 1 aliphatic heterocycles. The molecule has 2 rings (SSSR count). The molecular weight excluding hydrogens is 202 g/mol. The first-order chi connectivity index (χ1) is 7.81. The van der Waals surface area contributed by atoms with Crippen LogP contribution in [0, 0.1) is 0 Å². The summed E-state index contributed by atoms with van der Waals surface area (Å²) in [6.07, 6.45) is 1.31. The Labute approximate surface area is 97.0 Å². The lowest BCUT2D eigenvalue weighted by Gasteiger charge is -2.34. The molecule has 1 heterocycles. The number of para-hydroxylation sites is 2. The Hall–Kier alpha value is -1.22. The lowest BCUT2D eigenvalue weighted by Crippen LogP contribution is -2.39. The van der Waals surface area contributed by atoms with Crippen LogP contribution >= 0.6 is 0 Å². The van der Waals surface area contributed by atoms with Crippen LogP contribution < -0.4 is 9.64 Å². The van der Waals surface area contributed by atoms with E-state index in [1.54, 1.807) is 7.11 Å². The molecule has 1 atom stereocenters. The lowest BCUT2D eigenvalue weighted by atomic mass is 10.2. The predicted molar refractivity (Wildman–Crippen MR) is 65.2 cm³/mol. The highest BCUT2D eigenvalue weighted by Gasteiger charge is 2.21. The van der Waals surface area contributed by atoms with E-state index >= 15 is 0 Å². The molecule has 0 amide bonds. The second-order valence-corrected chi connectivity index (χ2v) is 4.19. The molecule has 0 aromatic heterocycles. The van der Waals surface area contributed by atoms with Crippen molar-refractivity contribution >= 4 is 5.69 Å². The maximum absolute atomic E-state index is 5.80. The maximum atomic E-state index is 5.80. The molecule has 1 unspecified atom stereocenters. The van der Waals surface area contributed by atoms with Gasteiger partial charge in [0.15, 0.2) is 0 Å². The molecule has 3 heteroatoms. The van der Waals surface area contributed by atoms with Crippen molar-refractivity contribution in [2.75, 3.05) is 31.7 Å². The minimum Gasteiger partial charge on any atom is -0.487 e. The highest BCUT2D eigenvalue weighted by molar-refractivity contribution is 5.59. The van der Waals surface area contributed by atoms with Crippen molar-refractivity contribution in [3.05, 3.63) is 24.3 Å². The van der Waals surface area contributed by atoms with Gasteiger partial charge in [-0.15, -0.1) is 0 Å².